The molecular weight excluding hydrogens is 604 g/mol. The van der Waals surface area contributed by atoms with Crippen LogP contribution in [0.3, 0.4) is 0 Å². The van der Waals surface area contributed by atoms with Gasteiger partial charge in [-0.1, -0.05) is 0 Å². The first-order valence-electron chi connectivity index (χ1n) is 15.0. The third kappa shape index (κ3) is 6.28. The lowest BCUT2D eigenvalue weighted by atomic mass is 10.1. The van der Waals surface area contributed by atoms with Gasteiger partial charge >= 0.3 is 11.9 Å². The number of aromatic nitrogens is 3. The molecule has 46 heavy (non-hydrogen) atoms. The predicted octanol–water partition coefficient (Wildman–Crippen LogP) is 1.93. The van der Waals surface area contributed by atoms with Crippen molar-refractivity contribution in [3.63, 3.8) is 0 Å². The normalized spacial score (nSPS) is 15.1. The van der Waals surface area contributed by atoms with E-state index in [9.17, 15) is 28.0 Å². The first-order valence-corrected chi connectivity index (χ1v) is 15.0. The van der Waals surface area contributed by atoms with Crippen molar-refractivity contribution in [3.05, 3.63) is 73.8 Å². The van der Waals surface area contributed by atoms with Crippen LogP contribution in [-0.2, 0) is 13.1 Å². The SMILES string of the molecule is CCn1cc(C(=O)O)c(=O)c2cc(F)c(N3CCNCC3)cc21.CCn1cc(C(=O)O)c(=O)c2cc(F)c(N3CCNCC3)nc21. The molecule has 2 saturated heterocycles. The number of aryl methyl sites for hydroxylation is 2. The number of carboxylic acid groups (broad SMARTS) is 2. The number of hydrogen-bond donors (Lipinski definition) is 4. The molecule has 5 heterocycles. The Morgan fingerprint density at radius 2 is 1.26 bits per heavy atom. The van der Waals surface area contributed by atoms with Gasteiger partial charge in [0.15, 0.2) is 11.6 Å². The highest BCUT2D eigenvalue weighted by molar-refractivity contribution is 5.94. The molecule has 4 N–H and O–H groups in total. The number of anilines is 2. The highest BCUT2D eigenvalue weighted by Gasteiger charge is 2.22. The maximum atomic E-state index is 14.5. The number of aromatic carboxylic acids is 2. The molecule has 0 spiro atoms. The smallest absolute Gasteiger partial charge is 0.341 e. The molecule has 0 aliphatic carbocycles. The molecule has 3 aromatic heterocycles. The van der Waals surface area contributed by atoms with E-state index in [1.54, 1.807) is 15.2 Å². The fourth-order valence-corrected chi connectivity index (χ4v) is 5.73. The zero-order valence-electron chi connectivity index (χ0n) is 25.5. The lowest BCUT2D eigenvalue weighted by molar-refractivity contribution is 0.0684. The number of piperazine rings is 2. The highest BCUT2D eigenvalue weighted by atomic mass is 19.1. The van der Waals surface area contributed by atoms with E-state index in [0.717, 1.165) is 38.3 Å². The first-order chi connectivity index (χ1) is 22.0. The molecular formula is C31H35F2N7O6. The van der Waals surface area contributed by atoms with Crippen molar-refractivity contribution < 1.29 is 28.6 Å². The second-order valence-electron chi connectivity index (χ2n) is 10.9. The molecule has 4 aromatic rings. The minimum Gasteiger partial charge on any atom is -0.477 e. The molecule has 1 aromatic carbocycles. The Balaban J connectivity index is 0.000000181. The predicted molar refractivity (Wildman–Crippen MR) is 170 cm³/mol. The summed E-state index contributed by atoms with van der Waals surface area (Å²) < 4.78 is 32.2. The van der Waals surface area contributed by atoms with Crippen LogP contribution in [0.1, 0.15) is 34.6 Å². The van der Waals surface area contributed by atoms with Crippen molar-refractivity contribution in [2.75, 3.05) is 62.2 Å². The molecule has 0 saturated carbocycles. The third-order valence-corrected chi connectivity index (χ3v) is 8.15. The van der Waals surface area contributed by atoms with E-state index >= 15 is 0 Å². The van der Waals surface area contributed by atoms with E-state index in [1.807, 2.05) is 23.6 Å². The Morgan fingerprint density at radius 1 is 0.761 bits per heavy atom. The topological polar surface area (TPSA) is 162 Å². The summed E-state index contributed by atoms with van der Waals surface area (Å²) in [5, 5.41) is 24.8. The van der Waals surface area contributed by atoms with Crippen LogP contribution in [0.15, 0.2) is 40.2 Å². The van der Waals surface area contributed by atoms with Crippen molar-refractivity contribution >= 4 is 45.4 Å². The fourth-order valence-electron chi connectivity index (χ4n) is 5.73. The number of benzene rings is 1. The molecule has 0 unspecified atom stereocenters. The van der Waals surface area contributed by atoms with E-state index in [2.05, 4.69) is 15.6 Å². The van der Waals surface area contributed by atoms with Gasteiger partial charge in [-0.15, -0.1) is 0 Å². The van der Waals surface area contributed by atoms with Crippen molar-refractivity contribution in [1.82, 2.24) is 24.8 Å². The summed E-state index contributed by atoms with van der Waals surface area (Å²) in [6.45, 7) is 10.2. The van der Waals surface area contributed by atoms with Gasteiger partial charge in [-0.25, -0.2) is 23.4 Å². The van der Waals surface area contributed by atoms with Crippen LogP contribution < -0.4 is 31.3 Å². The molecule has 2 aliphatic rings. The number of nitrogens with one attached hydrogen (secondary N) is 2. The van der Waals surface area contributed by atoms with E-state index in [-0.39, 0.29) is 27.7 Å². The quantitative estimate of drug-likeness (QED) is 0.244. The van der Waals surface area contributed by atoms with Gasteiger partial charge in [-0.2, -0.15) is 0 Å². The molecule has 0 bridgehead atoms. The largest absolute Gasteiger partial charge is 0.477 e. The van der Waals surface area contributed by atoms with Gasteiger partial charge in [0.1, 0.15) is 22.6 Å². The highest BCUT2D eigenvalue weighted by Crippen LogP contribution is 2.26. The average Bonchev–Trinajstić information content (AvgIpc) is 3.06. The number of fused-ring (bicyclic) bond motifs is 2. The Morgan fingerprint density at radius 3 is 1.80 bits per heavy atom. The Hall–Kier alpha value is -4.89. The molecule has 13 nitrogen and oxygen atoms in total. The van der Waals surface area contributed by atoms with Crippen molar-refractivity contribution in [1.29, 1.82) is 0 Å². The lowest BCUT2D eigenvalue weighted by Crippen LogP contribution is -2.44. The summed E-state index contributed by atoms with van der Waals surface area (Å²) in [7, 11) is 0. The molecule has 0 atom stereocenters. The van der Waals surface area contributed by atoms with Gasteiger partial charge in [0.2, 0.25) is 10.9 Å². The van der Waals surface area contributed by atoms with Gasteiger partial charge in [0, 0.05) is 83.2 Å². The molecule has 244 valence electrons. The number of rotatable bonds is 6. The van der Waals surface area contributed by atoms with Crippen LogP contribution in [0.4, 0.5) is 20.3 Å². The zero-order valence-corrected chi connectivity index (χ0v) is 25.5. The minimum absolute atomic E-state index is 0.0110. The summed E-state index contributed by atoms with van der Waals surface area (Å²) in [6, 6.07) is 3.90. The molecule has 0 amide bonds. The first kappa shape index (κ1) is 32.5. The lowest BCUT2D eigenvalue weighted by Gasteiger charge is -2.30. The van der Waals surface area contributed by atoms with E-state index in [4.69, 9.17) is 10.2 Å². The summed E-state index contributed by atoms with van der Waals surface area (Å²) in [4.78, 5) is 55.0. The average molecular weight is 640 g/mol. The van der Waals surface area contributed by atoms with Crippen LogP contribution in [-0.4, -0.2) is 88.6 Å². The summed E-state index contributed by atoms with van der Waals surface area (Å²) in [5.74, 6) is -3.54. The molecule has 2 fully saturated rings. The number of pyridine rings is 3. The molecule has 6 rings (SSSR count). The van der Waals surface area contributed by atoms with Crippen LogP contribution in [0.2, 0.25) is 0 Å². The standard InChI is InChI=1S/C16H18FN3O3.C15H17FN4O3/c1-2-19-9-11(16(22)23)15(21)10-7-12(17)14(8-13(10)19)20-5-3-18-4-6-20;1-2-19-8-10(15(22)23)12(21)9-7-11(16)14(18-13(9)19)20-5-3-17-4-6-20/h7-9,18H,2-6H2,1H3,(H,22,23);7-8,17H,2-6H2,1H3,(H,22,23). The van der Waals surface area contributed by atoms with Gasteiger partial charge in [-0.3, -0.25) is 9.59 Å². The van der Waals surface area contributed by atoms with Gasteiger partial charge in [0.25, 0.3) is 0 Å². The Bertz CT molecular complexity index is 1790. The zero-order chi connectivity index (χ0) is 33.1. The van der Waals surface area contributed by atoms with Crippen molar-refractivity contribution in [2.24, 2.45) is 0 Å². The number of carboxylic acids is 2. The monoisotopic (exact) mass is 639 g/mol. The minimum atomic E-state index is -1.33. The van der Waals surface area contributed by atoms with Crippen molar-refractivity contribution in [3.8, 4) is 0 Å². The number of hydrogen-bond acceptors (Lipinski definition) is 9. The molecule has 15 heteroatoms. The summed E-state index contributed by atoms with van der Waals surface area (Å²) >= 11 is 0. The number of carbonyl (C=O) groups is 2. The molecule has 0 radical (unpaired) electrons. The maximum Gasteiger partial charge on any atom is 0.341 e. The van der Waals surface area contributed by atoms with Crippen LogP contribution in [0, 0.1) is 11.6 Å². The van der Waals surface area contributed by atoms with Crippen molar-refractivity contribution in [2.45, 2.75) is 26.9 Å². The second-order valence-corrected chi connectivity index (χ2v) is 10.9. The van der Waals surface area contributed by atoms with E-state index in [0.29, 0.717) is 56.1 Å². The van der Waals surface area contributed by atoms with Crippen LogP contribution in [0.5, 0.6) is 0 Å². The fraction of sp³-hybridized carbons (Fsp3) is 0.387. The van der Waals surface area contributed by atoms with Gasteiger partial charge in [0.05, 0.1) is 16.6 Å². The van der Waals surface area contributed by atoms with Crippen LogP contribution >= 0.6 is 0 Å². The van der Waals surface area contributed by atoms with E-state index in [1.165, 1.54) is 12.4 Å². The maximum absolute atomic E-state index is 14.5. The van der Waals surface area contributed by atoms with E-state index < -0.39 is 34.4 Å². The second kappa shape index (κ2) is 13.6. The number of nitrogens with zero attached hydrogens (tertiary/aromatic N) is 5. The summed E-state index contributed by atoms with van der Waals surface area (Å²) in [5.41, 5.74) is -0.777. The van der Waals surface area contributed by atoms with Gasteiger partial charge < -0.3 is 39.8 Å². The summed E-state index contributed by atoms with van der Waals surface area (Å²) in [6.07, 6.45) is 2.59. The molecule has 2 aliphatic heterocycles. The van der Waals surface area contributed by atoms with Crippen LogP contribution in [0.25, 0.3) is 21.9 Å². The van der Waals surface area contributed by atoms with Gasteiger partial charge in [-0.05, 0) is 32.0 Å². The Labute approximate surface area is 261 Å². The Kier molecular flexibility index (Phi) is 9.63. The number of halogens is 2. The third-order valence-electron chi connectivity index (χ3n) is 8.15.